The molecule has 2 heterocycles. The van der Waals surface area contributed by atoms with E-state index >= 15 is 0 Å². The largest absolute Gasteiger partial charge is 0.231 e. The normalized spacial score (nSPS) is 10.9. The van der Waals surface area contributed by atoms with Crippen molar-refractivity contribution in [3.8, 4) is 0 Å². The van der Waals surface area contributed by atoms with Crippen molar-refractivity contribution in [1.82, 2.24) is 30.0 Å². The summed E-state index contributed by atoms with van der Waals surface area (Å²) in [5.41, 5.74) is 1.93. The fraction of sp³-hybridized carbons (Fsp3) is 0.429. The summed E-state index contributed by atoms with van der Waals surface area (Å²) in [6.07, 6.45) is 3.84. The molecule has 2 aromatic heterocycles. The Labute approximate surface area is 112 Å². The summed E-state index contributed by atoms with van der Waals surface area (Å²) in [7, 11) is 5.20. The van der Waals surface area contributed by atoms with Crippen molar-refractivity contribution in [3.63, 3.8) is 0 Å². The molecule has 0 aromatic carbocycles. The minimum Gasteiger partial charge on any atom is -0.231 e. The maximum atomic E-state index is 4.06. The Hall–Kier alpha value is -0.160. The maximum Gasteiger partial charge on any atom is 0.136 e. The van der Waals surface area contributed by atoms with Gasteiger partial charge in [0.25, 0.3) is 0 Å². The highest BCUT2D eigenvalue weighted by Gasteiger charge is 2.03. The first-order valence-electron chi connectivity index (χ1n) is 4.73. The Kier molecular flexibility index (Phi) is 5.22. The van der Waals surface area contributed by atoms with Crippen molar-refractivity contribution in [1.29, 1.82) is 0 Å². The van der Waals surface area contributed by atoms with Crippen LogP contribution in [0.1, 0.15) is 11.4 Å². The van der Waals surface area contributed by atoms with Crippen LogP contribution >= 0.6 is 39.6 Å². The summed E-state index contributed by atoms with van der Waals surface area (Å²) in [5, 5.41) is 16.2. The van der Waals surface area contributed by atoms with Crippen LogP contribution in [0, 0.1) is 0 Å². The van der Waals surface area contributed by atoms with E-state index in [0.29, 0.717) is 6.67 Å². The van der Waals surface area contributed by atoms with Gasteiger partial charge in [-0.2, -0.15) is 0 Å². The summed E-state index contributed by atoms with van der Waals surface area (Å²) < 4.78 is 3.50. The van der Waals surface area contributed by atoms with Crippen LogP contribution in [0.15, 0.2) is 12.4 Å². The van der Waals surface area contributed by atoms with Gasteiger partial charge in [0.1, 0.15) is 6.67 Å². The van der Waals surface area contributed by atoms with E-state index in [4.69, 9.17) is 0 Å². The summed E-state index contributed by atoms with van der Waals surface area (Å²) in [4.78, 5) is 0. The topological polar surface area (TPSA) is 61.4 Å². The van der Waals surface area contributed by atoms with Gasteiger partial charge >= 0.3 is 0 Å². The fourth-order valence-corrected chi connectivity index (χ4v) is 2.90. The molecule has 0 saturated carbocycles. The molecule has 0 bridgehead atoms. The van der Waals surface area contributed by atoms with E-state index in [0.717, 1.165) is 22.9 Å². The van der Waals surface area contributed by atoms with Crippen molar-refractivity contribution in [2.45, 2.75) is 18.2 Å². The van der Waals surface area contributed by atoms with Crippen molar-refractivity contribution < 1.29 is 0 Å². The Morgan fingerprint density at radius 2 is 1.41 bits per heavy atom. The Bertz CT molecular complexity index is 430. The average Bonchev–Trinajstić information content (AvgIpc) is 2.91. The first-order chi connectivity index (χ1) is 8.31. The maximum absolute atomic E-state index is 4.06. The molecule has 0 aliphatic carbocycles. The zero-order valence-electron chi connectivity index (χ0n) is 8.93. The Morgan fingerprint density at radius 1 is 0.941 bits per heavy atom. The second-order valence-electron chi connectivity index (χ2n) is 3.26. The van der Waals surface area contributed by atoms with Crippen LogP contribution in [0.25, 0.3) is 0 Å². The van der Waals surface area contributed by atoms with Crippen molar-refractivity contribution in [2.24, 2.45) is 0 Å². The molecule has 0 aliphatic heterocycles. The number of aromatic nitrogens is 6. The van der Waals surface area contributed by atoms with Crippen LogP contribution in [0.2, 0.25) is 0 Å². The molecule has 6 nitrogen and oxygen atoms in total. The van der Waals surface area contributed by atoms with Gasteiger partial charge in [0.05, 0.1) is 23.8 Å². The molecule has 0 N–H and O–H groups in total. The molecule has 2 rings (SSSR count). The summed E-state index contributed by atoms with van der Waals surface area (Å²) in [6, 6.07) is 0. The van der Waals surface area contributed by atoms with Crippen LogP contribution in [0.3, 0.4) is 0 Å². The molecule has 0 amide bonds. The Morgan fingerprint density at radius 3 is 1.82 bits per heavy atom. The van der Waals surface area contributed by atoms with E-state index in [1.807, 2.05) is 12.4 Å². The monoisotopic (exact) mass is 306 g/mol. The summed E-state index contributed by atoms with van der Waals surface area (Å²) in [6.45, 7) is 0.545. The van der Waals surface area contributed by atoms with Gasteiger partial charge in [-0.1, -0.05) is 27.3 Å². The third-order valence-corrected chi connectivity index (χ3v) is 3.85. The molecule has 2 unspecified atom stereocenters. The van der Waals surface area contributed by atoms with Gasteiger partial charge in [0.15, 0.2) is 0 Å². The number of hydrogen-bond donors (Lipinski definition) is 0. The molecular weight excluding hydrogens is 294 g/mol. The predicted molar refractivity (Wildman–Crippen MR) is 77.5 cm³/mol. The average molecular weight is 306 g/mol. The van der Waals surface area contributed by atoms with Crippen molar-refractivity contribution in [3.05, 3.63) is 23.8 Å². The van der Waals surface area contributed by atoms with Gasteiger partial charge in [-0.05, 0) is 0 Å². The molecule has 0 aliphatic rings. The minimum absolute atomic E-state index is 0.545. The lowest BCUT2D eigenvalue weighted by atomic mass is 10.5. The lowest BCUT2D eigenvalue weighted by Gasteiger charge is -1.97. The molecule has 0 fully saturated rings. The summed E-state index contributed by atoms with van der Waals surface area (Å²) in [5.74, 6) is 1.69. The lowest BCUT2D eigenvalue weighted by molar-refractivity contribution is 0.478. The first kappa shape index (κ1) is 13.3. The molecule has 0 radical (unpaired) electrons. The third kappa shape index (κ3) is 3.91. The van der Waals surface area contributed by atoms with Crippen LogP contribution in [0.4, 0.5) is 0 Å². The van der Waals surface area contributed by atoms with E-state index in [9.17, 15) is 0 Å². The zero-order chi connectivity index (χ0) is 12.1. The minimum atomic E-state index is 0.545. The summed E-state index contributed by atoms with van der Waals surface area (Å²) >= 11 is 3.29. The molecule has 10 heteroatoms. The fourth-order valence-electron chi connectivity index (χ4n) is 1.27. The molecule has 0 saturated heterocycles. The second-order valence-corrected chi connectivity index (χ2v) is 6.51. The van der Waals surface area contributed by atoms with Gasteiger partial charge in [0.2, 0.25) is 0 Å². The van der Waals surface area contributed by atoms with Crippen LogP contribution in [-0.4, -0.2) is 30.0 Å². The lowest BCUT2D eigenvalue weighted by Crippen LogP contribution is -2.09. The SMILES string of the molecule is PSCc1cn(Cn2cc(CSP)nn2)nn1. The van der Waals surface area contributed by atoms with Gasteiger partial charge in [-0.3, -0.25) is 0 Å². The standard InChI is InChI=1S/C7H12N6P2S2/c14-16-3-6-1-12(10-8-6)5-13-2-7(4-17-15)9-11-13/h1-2H,3-5,14-15H2. The number of rotatable bonds is 6. The zero-order valence-corrected chi connectivity index (χ0v) is 12.9. The van der Waals surface area contributed by atoms with E-state index < -0.39 is 0 Å². The highest BCUT2D eigenvalue weighted by molar-refractivity contribution is 8.43. The van der Waals surface area contributed by atoms with Crippen LogP contribution in [0.5, 0.6) is 0 Å². The Balaban J connectivity index is 1.98. The third-order valence-electron chi connectivity index (χ3n) is 1.92. The van der Waals surface area contributed by atoms with Gasteiger partial charge in [-0.25, -0.2) is 9.36 Å². The highest BCUT2D eigenvalue weighted by Crippen LogP contribution is 2.17. The van der Waals surface area contributed by atoms with Crippen LogP contribution in [-0.2, 0) is 18.2 Å². The smallest absolute Gasteiger partial charge is 0.136 e. The predicted octanol–water partition coefficient (Wildman–Crippen LogP) is 1.42. The van der Waals surface area contributed by atoms with E-state index in [2.05, 4.69) is 37.5 Å². The molecule has 17 heavy (non-hydrogen) atoms. The van der Waals surface area contributed by atoms with Crippen molar-refractivity contribution >= 4 is 39.6 Å². The van der Waals surface area contributed by atoms with E-state index in [1.54, 1.807) is 32.1 Å². The highest BCUT2D eigenvalue weighted by atomic mass is 32.7. The van der Waals surface area contributed by atoms with Gasteiger partial charge in [-0.15, -0.1) is 33.0 Å². The van der Waals surface area contributed by atoms with Crippen LogP contribution < -0.4 is 0 Å². The number of hydrogen-bond acceptors (Lipinski definition) is 6. The molecule has 92 valence electrons. The van der Waals surface area contributed by atoms with Gasteiger partial charge < -0.3 is 0 Å². The van der Waals surface area contributed by atoms with E-state index in [1.165, 1.54) is 0 Å². The van der Waals surface area contributed by atoms with Gasteiger partial charge in [0, 0.05) is 11.5 Å². The molecule has 0 spiro atoms. The second kappa shape index (κ2) is 6.69. The van der Waals surface area contributed by atoms with Crippen molar-refractivity contribution in [2.75, 3.05) is 0 Å². The molecule has 2 atom stereocenters. The molecular formula is C7H12N6P2S2. The first-order valence-corrected chi connectivity index (χ1v) is 9.66. The number of nitrogens with zero attached hydrogens (tertiary/aromatic N) is 6. The quantitative estimate of drug-likeness (QED) is 0.752. The molecule has 2 aromatic rings. The van der Waals surface area contributed by atoms with E-state index in [-0.39, 0.29) is 0 Å².